The summed E-state index contributed by atoms with van der Waals surface area (Å²) in [4.78, 5) is 13.3. The van der Waals surface area contributed by atoms with Crippen LogP contribution in [0.2, 0.25) is 0 Å². The van der Waals surface area contributed by atoms with Crippen molar-refractivity contribution >= 4 is 5.91 Å². The Balaban J connectivity index is 1.12. The van der Waals surface area contributed by atoms with Gasteiger partial charge in [0.05, 0.1) is 20.3 Å². The highest BCUT2D eigenvalue weighted by Crippen LogP contribution is 2.35. The van der Waals surface area contributed by atoms with Crippen molar-refractivity contribution in [2.24, 2.45) is 5.92 Å². The summed E-state index contributed by atoms with van der Waals surface area (Å²) in [7, 11) is 3.24. The standard InChI is InChI=1S/C42H42FNO4/c1-46-37-13-7-11-33(26-37)40-27-34(17-21-41(40)47-2)42(45)44-23-22-31-16-20-38(28-39(31)32-10-6-12-35(43)25-32)48-36-18-14-30(15-19-36)24-29-8-4-3-5-9-29/h3-13,16-17,20-21,25-28,30,36H,14-15,18-19,22-24H2,1-2H3,(H,44,45). The molecule has 5 aromatic carbocycles. The molecule has 6 heteroatoms. The molecule has 48 heavy (non-hydrogen) atoms. The molecule has 1 saturated carbocycles. The second-order valence-corrected chi connectivity index (χ2v) is 12.4. The van der Waals surface area contributed by atoms with E-state index in [1.807, 2.05) is 54.6 Å². The van der Waals surface area contributed by atoms with Crippen LogP contribution in [0.3, 0.4) is 0 Å². The maximum Gasteiger partial charge on any atom is 0.251 e. The van der Waals surface area contributed by atoms with E-state index in [1.54, 1.807) is 38.5 Å². The van der Waals surface area contributed by atoms with Gasteiger partial charge >= 0.3 is 0 Å². The molecule has 0 aliphatic heterocycles. The van der Waals surface area contributed by atoms with Crippen LogP contribution in [-0.2, 0) is 12.8 Å². The smallest absolute Gasteiger partial charge is 0.251 e. The summed E-state index contributed by atoms with van der Waals surface area (Å²) in [6, 6.07) is 36.5. The monoisotopic (exact) mass is 643 g/mol. The average molecular weight is 644 g/mol. The highest BCUT2D eigenvalue weighted by Gasteiger charge is 2.23. The Morgan fingerprint density at radius 2 is 1.50 bits per heavy atom. The molecule has 0 spiro atoms. The van der Waals surface area contributed by atoms with E-state index in [0.717, 1.165) is 71.4 Å². The van der Waals surface area contributed by atoms with E-state index < -0.39 is 0 Å². The summed E-state index contributed by atoms with van der Waals surface area (Å²) < 4.78 is 31.8. The van der Waals surface area contributed by atoms with E-state index in [9.17, 15) is 9.18 Å². The summed E-state index contributed by atoms with van der Waals surface area (Å²) in [6.07, 6.45) is 6.17. The van der Waals surface area contributed by atoms with Crippen molar-refractivity contribution in [1.82, 2.24) is 5.32 Å². The molecule has 0 bridgehead atoms. The van der Waals surface area contributed by atoms with Crippen molar-refractivity contribution in [2.75, 3.05) is 20.8 Å². The first kappa shape index (κ1) is 32.8. The quantitative estimate of drug-likeness (QED) is 0.147. The molecular weight excluding hydrogens is 601 g/mol. The highest BCUT2D eigenvalue weighted by atomic mass is 19.1. The molecule has 0 aromatic heterocycles. The van der Waals surface area contributed by atoms with Crippen LogP contribution in [0.5, 0.6) is 17.2 Å². The zero-order valence-electron chi connectivity index (χ0n) is 27.6. The van der Waals surface area contributed by atoms with Crippen LogP contribution < -0.4 is 19.5 Å². The number of benzene rings is 5. The van der Waals surface area contributed by atoms with Gasteiger partial charge in [0, 0.05) is 17.7 Å². The fourth-order valence-electron chi connectivity index (χ4n) is 6.64. The molecule has 0 radical (unpaired) electrons. The third kappa shape index (κ3) is 8.24. The molecule has 0 heterocycles. The van der Waals surface area contributed by atoms with Gasteiger partial charge < -0.3 is 19.5 Å². The van der Waals surface area contributed by atoms with Crippen LogP contribution in [0.25, 0.3) is 22.3 Å². The van der Waals surface area contributed by atoms with E-state index in [2.05, 4.69) is 35.6 Å². The molecule has 0 saturated heterocycles. The van der Waals surface area contributed by atoms with E-state index in [0.29, 0.717) is 30.2 Å². The van der Waals surface area contributed by atoms with Gasteiger partial charge in [-0.3, -0.25) is 4.79 Å². The van der Waals surface area contributed by atoms with E-state index in [1.165, 1.54) is 11.6 Å². The molecule has 0 unspecified atom stereocenters. The van der Waals surface area contributed by atoms with Gasteiger partial charge in [0.25, 0.3) is 5.91 Å². The Morgan fingerprint density at radius 3 is 2.25 bits per heavy atom. The normalized spacial score (nSPS) is 15.8. The number of hydrogen-bond donors (Lipinski definition) is 1. The van der Waals surface area contributed by atoms with Crippen molar-refractivity contribution in [3.05, 3.63) is 138 Å². The summed E-state index contributed by atoms with van der Waals surface area (Å²) in [5.74, 6) is 2.39. The first-order valence-electron chi connectivity index (χ1n) is 16.7. The first-order chi connectivity index (χ1) is 23.5. The van der Waals surface area contributed by atoms with Crippen LogP contribution >= 0.6 is 0 Å². The topological polar surface area (TPSA) is 56.8 Å². The van der Waals surface area contributed by atoms with Gasteiger partial charge in [-0.15, -0.1) is 0 Å². The van der Waals surface area contributed by atoms with Gasteiger partial charge in [0.2, 0.25) is 0 Å². The summed E-state index contributed by atoms with van der Waals surface area (Å²) in [5.41, 5.74) is 6.32. The van der Waals surface area contributed by atoms with Crippen molar-refractivity contribution in [3.8, 4) is 39.5 Å². The van der Waals surface area contributed by atoms with Gasteiger partial charge in [0.15, 0.2) is 0 Å². The second kappa shape index (κ2) is 15.7. The third-order valence-electron chi connectivity index (χ3n) is 9.20. The predicted octanol–water partition coefficient (Wildman–Crippen LogP) is 9.33. The van der Waals surface area contributed by atoms with Crippen LogP contribution in [0.4, 0.5) is 4.39 Å². The maximum absolute atomic E-state index is 14.3. The highest BCUT2D eigenvalue weighted by molar-refractivity contribution is 5.96. The van der Waals surface area contributed by atoms with Crippen LogP contribution in [0.15, 0.2) is 115 Å². The fraction of sp³-hybridized carbons (Fsp3) is 0.262. The number of carbonyl (C=O) groups is 1. The molecule has 0 atom stereocenters. The lowest BCUT2D eigenvalue weighted by Gasteiger charge is -2.29. The molecular formula is C42H42FNO4. The summed E-state index contributed by atoms with van der Waals surface area (Å²) >= 11 is 0. The Morgan fingerprint density at radius 1 is 0.729 bits per heavy atom. The Kier molecular flexibility index (Phi) is 10.7. The van der Waals surface area contributed by atoms with Crippen molar-refractivity contribution < 1.29 is 23.4 Å². The lowest BCUT2D eigenvalue weighted by molar-refractivity contribution is 0.0954. The summed E-state index contributed by atoms with van der Waals surface area (Å²) in [5, 5.41) is 3.07. The molecule has 1 amide bonds. The number of hydrogen-bond acceptors (Lipinski definition) is 4. The van der Waals surface area contributed by atoms with E-state index in [4.69, 9.17) is 14.2 Å². The Bertz CT molecular complexity index is 1830. The minimum absolute atomic E-state index is 0.161. The minimum Gasteiger partial charge on any atom is -0.497 e. The third-order valence-corrected chi connectivity index (χ3v) is 9.20. The molecule has 1 aliphatic rings. The number of halogens is 1. The van der Waals surface area contributed by atoms with Crippen LogP contribution in [0, 0.1) is 11.7 Å². The number of rotatable bonds is 12. The zero-order chi connectivity index (χ0) is 33.3. The van der Waals surface area contributed by atoms with Gasteiger partial charge in [-0.25, -0.2) is 4.39 Å². The van der Waals surface area contributed by atoms with Crippen LogP contribution in [-0.4, -0.2) is 32.8 Å². The van der Waals surface area contributed by atoms with E-state index in [-0.39, 0.29) is 17.8 Å². The molecule has 246 valence electrons. The zero-order valence-corrected chi connectivity index (χ0v) is 27.6. The predicted molar refractivity (Wildman–Crippen MR) is 189 cm³/mol. The van der Waals surface area contributed by atoms with Crippen molar-refractivity contribution in [2.45, 2.75) is 44.6 Å². The van der Waals surface area contributed by atoms with Crippen LogP contribution in [0.1, 0.15) is 47.2 Å². The molecule has 5 nitrogen and oxygen atoms in total. The SMILES string of the molecule is COc1cccc(-c2cc(C(=O)NCCc3ccc(OC4CCC(Cc5ccccc5)CC4)cc3-c3cccc(F)c3)ccc2OC)c1. The van der Waals surface area contributed by atoms with Crippen molar-refractivity contribution in [3.63, 3.8) is 0 Å². The molecule has 6 rings (SSSR count). The molecule has 1 aliphatic carbocycles. The second-order valence-electron chi connectivity index (χ2n) is 12.4. The number of nitrogens with one attached hydrogen (secondary N) is 1. The molecule has 1 N–H and O–H groups in total. The molecule has 5 aromatic rings. The maximum atomic E-state index is 14.3. The van der Waals surface area contributed by atoms with Gasteiger partial charge in [-0.05, 0) is 127 Å². The fourth-order valence-corrected chi connectivity index (χ4v) is 6.64. The van der Waals surface area contributed by atoms with E-state index >= 15 is 0 Å². The lowest BCUT2D eigenvalue weighted by atomic mass is 9.83. The number of ether oxygens (including phenoxy) is 3. The lowest BCUT2D eigenvalue weighted by Crippen LogP contribution is -2.26. The largest absolute Gasteiger partial charge is 0.497 e. The van der Waals surface area contributed by atoms with Gasteiger partial charge in [-0.2, -0.15) is 0 Å². The average Bonchev–Trinajstić information content (AvgIpc) is 3.13. The van der Waals surface area contributed by atoms with Gasteiger partial charge in [-0.1, -0.05) is 60.7 Å². The minimum atomic E-state index is -0.291. The summed E-state index contributed by atoms with van der Waals surface area (Å²) in [6.45, 7) is 0.410. The number of carbonyl (C=O) groups excluding carboxylic acids is 1. The first-order valence-corrected chi connectivity index (χ1v) is 16.7. The number of amides is 1. The van der Waals surface area contributed by atoms with Crippen molar-refractivity contribution in [1.29, 1.82) is 0 Å². The number of methoxy groups -OCH3 is 2. The van der Waals surface area contributed by atoms with Gasteiger partial charge in [0.1, 0.15) is 23.1 Å². The Hall–Kier alpha value is -5.10. The molecule has 1 fully saturated rings. The Labute approximate surface area is 282 Å².